The number of urea groups is 1. The molecular formula is C17H18N2O. The third-order valence-electron chi connectivity index (χ3n) is 2.87. The summed E-state index contributed by atoms with van der Waals surface area (Å²) in [5, 5.41) is 2.76. The maximum Gasteiger partial charge on any atom is 0.326 e. The Kier molecular flexibility index (Phi) is 4.95. The average molecular weight is 266 g/mol. The Balaban J connectivity index is 2.22. The van der Waals surface area contributed by atoms with E-state index >= 15 is 0 Å². The van der Waals surface area contributed by atoms with Gasteiger partial charge < -0.3 is 5.32 Å². The number of benzene rings is 2. The molecule has 0 atom stereocenters. The Bertz CT molecular complexity index is 564. The number of anilines is 1. The van der Waals surface area contributed by atoms with E-state index in [1.807, 2.05) is 67.6 Å². The summed E-state index contributed by atoms with van der Waals surface area (Å²) < 4.78 is 0. The van der Waals surface area contributed by atoms with E-state index in [1.165, 1.54) is 0 Å². The first-order valence-electron chi connectivity index (χ1n) is 6.59. The van der Waals surface area contributed by atoms with E-state index in [2.05, 4.69) is 5.32 Å². The van der Waals surface area contributed by atoms with Gasteiger partial charge in [-0.2, -0.15) is 0 Å². The molecule has 0 fully saturated rings. The molecule has 2 amide bonds. The lowest BCUT2D eigenvalue weighted by Gasteiger charge is -2.22. The number of hydrogen-bond acceptors (Lipinski definition) is 1. The van der Waals surface area contributed by atoms with Gasteiger partial charge in [0.2, 0.25) is 0 Å². The van der Waals surface area contributed by atoms with Crippen LogP contribution in [0.15, 0.2) is 72.9 Å². The minimum atomic E-state index is -0.141. The Labute approximate surface area is 119 Å². The minimum Gasteiger partial charge on any atom is -0.315 e. The van der Waals surface area contributed by atoms with Gasteiger partial charge in [-0.3, -0.25) is 4.90 Å². The zero-order valence-electron chi connectivity index (χ0n) is 11.5. The SMILES string of the molecule is C/C=C/NC(=O)N(Cc1ccccc1)c1ccccc1. The topological polar surface area (TPSA) is 32.3 Å². The molecule has 1 N–H and O–H groups in total. The smallest absolute Gasteiger partial charge is 0.315 e. The molecule has 0 aliphatic carbocycles. The van der Waals surface area contributed by atoms with E-state index in [4.69, 9.17) is 0 Å². The Morgan fingerprint density at radius 3 is 2.25 bits per heavy atom. The third-order valence-corrected chi connectivity index (χ3v) is 2.87. The molecule has 20 heavy (non-hydrogen) atoms. The summed E-state index contributed by atoms with van der Waals surface area (Å²) in [5.41, 5.74) is 1.96. The number of allylic oxidation sites excluding steroid dienone is 1. The van der Waals surface area contributed by atoms with Crippen LogP contribution in [0.3, 0.4) is 0 Å². The van der Waals surface area contributed by atoms with Crippen LogP contribution in [0, 0.1) is 0 Å². The highest BCUT2D eigenvalue weighted by Gasteiger charge is 2.14. The summed E-state index contributed by atoms with van der Waals surface area (Å²) in [7, 11) is 0. The van der Waals surface area contributed by atoms with Gasteiger partial charge in [-0.15, -0.1) is 0 Å². The number of para-hydroxylation sites is 1. The Morgan fingerprint density at radius 2 is 1.65 bits per heavy atom. The van der Waals surface area contributed by atoms with Crippen molar-refractivity contribution >= 4 is 11.7 Å². The van der Waals surface area contributed by atoms with Crippen LogP contribution in [0.1, 0.15) is 12.5 Å². The van der Waals surface area contributed by atoms with Crippen molar-refractivity contribution in [3.8, 4) is 0 Å². The van der Waals surface area contributed by atoms with Gasteiger partial charge in [0, 0.05) is 11.9 Å². The van der Waals surface area contributed by atoms with E-state index in [1.54, 1.807) is 17.2 Å². The zero-order chi connectivity index (χ0) is 14.2. The number of nitrogens with zero attached hydrogens (tertiary/aromatic N) is 1. The fourth-order valence-corrected chi connectivity index (χ4v) is 1.89. The molecule has 0 saturated heterocycles. The van der Waals surface area contributed by atoms with Crippen LogP contribution in [0.25, 0.3) is 0 Å². The highest BCUT2D eigenvalue weighted by atomic mass is 16.2. The van der Waals surface area contributed by atoms with Gasteiger partial charge in [0.1, 0.15) is 0 Å². The van der Waals surface area contributed by atoms with Crippen molar-refractivity contribution in [3.63, 3.8) is 0 Å². The molecule has 0 unspecified atom stereocenters. The lowest BCUT2D eigenvalue weighted by Crippen LogP contribution is -2.37. The van der Waals surface area contributed by atoms with Crippen molar-refractivity contribution in [3.05, 3.63) is 78.5 Å². The van der Waals surface area contributed by atoms with Gasteiger partial charge in [0.05, 0.1) is 6.54 Å². The number of amides is 2. The summed E-state index contributed by atoms with van der Waals surface area (Å²) >= 11 is 0. The van der Waals surface area contributed by atoms with Crippen molar-refractivity contribution in [2.75, 3.05) is 4.90 Å². The van der Waals surface area contributed by atoms with E-state index < -0.39 is 0 Å². The second kappa shape index (κ2) is 7.14. The number of carbonyl (C=O) groups is 1. The summed E-state index contributed by atoms with van der Waals surface area (Å²) in [6.45, 7) is 2.40. The molecule has 3 nitrogen and oxygen atoms in total. The van der Waals surface area contributed by atoms with Crippen LogP contribution >= 0.6 is 0 Å². The number of rotatable bonds is 4. The van der Waals surface area contributed by atoms with Crippen LogP contribution < -0.4 is 10.2 Å². The maximum atomic E-state index is 12.3. The largest absolute Gasteiger partial charge is 0.326 e. The monoisotopic (exact) mass is 266 g/mol. The van der Waals surface area contributed by atoms with Crippen molar-refractivity contribution in [1.29, 1.82) is 0 Å². The molecule has 2 aromatic carbocycles. The minimum absolute atomic E-state index is 0.141. The molecule has 0 bridgehead atoms. The van der Waals surface area contributed by atoms with Crippen molar-refractivity contribution in [2.24, 2.45) is 0 Å². The summed E-state index contributed by atoms with van der Waals surface area (Å²) in [6, 6.07) is 19.5. The van der Waals surface area contributed by atoms with Gasteiger partial charge in [-0.05, 0) is 24.6 Å². The highest BCUT2D eigenvalue weighted by molar-refractivity contribution is 5.92. The fraction of sp³-hybridized carbons (Fsp3) is 0.118. The summed E-state index contributed by atoms with van der Waals surface area (Å²) in [5.74, 6) is 0. The average Bonchev–Trinajstić information content (AvgIpc) is 2.52. The second-order valence-electron chi connectivity index (χ2n) is 4.36. The molecule has 2 rings (SSSR count). The second-order valence-corrected chi connectivity index (χ2v) is 4.36. The van der Waals surface area contributed by atoms with Crippen LogP contribution in [0.5, 0.6) is 0 Å². The first-order chi connectivity index (χ1) is 9.81. The number of hydrogen-bond donors (Lipinski definition) is 1. The van der Waals surface area contributed by atoms with Crippen molar-refractivity contribution in [1.82, 2.24) is 5.32 Å². The molecule has 0 spiro atoms. The van der Waals surface area contributed by atoms with E-state index in [0.717, 1.165) is 11.3 Å². The van der Waals surface area contributed by atoms with Gasteiger partial charge in [0.25, 0.3) is 0 Å². The van der Waals surface area contributed by atoms with E-state index in [-0.39, 0.29) is 6.03 Å². The molecule has 0 radical (unpaired) electrons. The highest BCUT2D eigenvalue weighted by Crippen LogP contribution is 2.16. The first kappa shape index (κ1) is 13.9. The first-order valence-corrected chi connectivity index (χ1v) is 6.59. The number of nitrogens with one attached hydrogen (secondary N) is 1. The van der Waals surface area contributed by atoms with Crippen LogP contribution in [0.4, 0.5) is 10.5 Å². The molecule has 0 aliphatic rings. The molecule has 0 heterocycles. The van der Waals surface area contributed by atoms with Crippen molar-refractivity contribution < 1.29 is 4.79 Å². The predicted molar refractivity (Wildman–Crippen MR) is 82.4 cm³/mol. The molecular weight excluding hydrogens is 248 g/mol. The molecule has 0 saturated carbocycles. The lowest BCUT2D eigenvalue weighted by molar-refractivity contribution is 0.249. The van der Waals surface area contributed by atoms with Gasteiger partial charge >= 0.3 is 6.03 Å². The Hall–Kier alpha value is -2.55. The molecule has 0 aliphatic heterocycles. The molecule has 2 aromatic rings. The van der Waals surface area contributed by atoms with Crippen LogP contribution in [-0.4, -0.2) is 6.03 Å². The van der Waals surface area contributed by atoms with Gasteiger partial charge in [-0.25, -0.2) is 4.79 Å². The quantitative estimate of drug-likeness (QED) is 0.893. The number of carbonyl (C=O) groups excluding carboxylic acids is 1. The van der Waals surface area contributed by atoms with Crippen LogP contribution in [-0.2, 0) is 6.54 Å². The summed E-state index contributed by atoms with van der Waals surface area (Å²) in [6.07, 6.45) is 3.44. The third kappa shape index (κ3) is 3.72. The fourth-order valence-electron chi connectivity index (χ4n) is 1.89. The van der Waals surface area contributed by atoms with E-state index in [0.29, 0.717) is 6.54 Å². The van der Waals surface area contributed by atoms with Crippen LogP contribution in [0.2, 0.25) is 0 Å². The molecule has 102 valence electrons. The Morgan fingerprint density at radius 1 is 1.05 bits per heavy atom. The normalized spacial score (nSPS) is 10.4. The maximum absolute atomic E-state index is 12.3. The predicted octanol–water partition coefficient (Wildman–Crippen LogP) is 3.94. The van der Waals surface area contributed by atoms with E-state index in [9.17, 15) is 4.79 Å². The summed E-state index contributed by atoms with van der Waals surface area (Å²) in [4.78, 5) is 14.0. The standard InChI is InChI=1S/C17H18N2O/c1-2-13-18-17(20)19(16-11-7-4-8-12-16)14-15-9-5-3-6-10-15/h2-13H,14H2,1H3,(H,18,20)/b13-2+. The zero-order valence-corrected chi connectivity index (χ0v) is 11.5. The van der Waals surface area contributed by atoms with Gasteiger partial charge in [-0.1, -0.05) is 54.6 Å². The molecule has 0 aromatic heterocycles. The lowest BCUT2D eigenvalue weighted by atomic mass is 10.2. The van der Waals surface area contributed by atoms with Crippen molar-refractivity contribution in [2.45, 2.75) is 13.5 Å². The molecule has 3 heteroatoms. The van der Waals surface area contributed by atoms with Gasteiger partial charge in [0.15, 0.2) is 0 Å².